The fraction of sp³-hybridized carbons (Fsp3) is 0.238. The van der Waals surface area contributed by atoms with Crippen LogP contribution in [0, 0.1) is 6.92 Å². The number of aryl methyl sites for hydroxylation is 1. The number of amides is 1. The summed E-state index contributed by atoms with van der Waals surface area (Å²) in [4.78, 5) is 27.2. The third-order valence-corrected chi connectivity index (χ3v) is 4.43. The van der Waals surface area contributed by atoms with Crippen molar-refractivity contribution < 1.29 is 27.8 Å². The molecular weight excluding hydrogens is 401 g/mol. The van der Waals surface area contributed by atoms with Crippen molar-refractivity contribution in [3.8, 4) is 11.5 Å². The number of aromatic nitrogens is 1. The highest BCUT2D eigenvalue weighted by atomic mass is 19.4. The monoisotopic (exact) mass is 420 g/mol. The third-order valence-electron chi connectivity index (χ3n) is 4.43. The Kier molecular flexibility index (Phi) is 5.73. The summed E-state index contributed by atoms with van der Waals surface area (Å²) in [5.74, 6) is -1.83. The number of para-hydroxylation sites is 1. The average Bonchev–Trinajstić information content (AvgIpc) is 2.67. The number of H-pyrrole nitrogens is 1. The van der Waals surface area contributed by atoms with Gasteiger partial charge in [-0.2, -0.15) is 13.2 Å². The Morgan fingerprint density at radius 3 is 2.63 bits per heavy atom. The van der Waals surface area contributed by atoms with Gasteiger partial charge in [0.25, 0.3) is 11.5 Å². The van der Waals surface area contributed by atoms with Gasteiger partial charge < -0.3 is 20.1 Å². The van der Waals surface area contributed by atoms with Crippen molar-refractivity contribution in [3.05, 3.63) is 69.5 Å². The lowest BCUT2D eigenvalue weighted by Crippen LogP contribution is -2.37. The zero-order chi connectivity index (χ0) is 22.1. The Morgan fingerprint density at radius 1 is 1.23 bits per heavy atom. The summed E-state index contributed by atoms with van der Waals surface area (Å²) in [5.41, 5.74) is -0.767. The van der Waals surface area contributed by atoms with Gasteiger partial charge >= 0.3 is 6.18 Å². The van der Waals surface area contributed by atoms with E-state index in [-0.39, 0.29) is 17.9 Å². The van der Waals surface area contributed by atoms with Crippen LogP contribution in [0.25, 0.3) is 10.9 Å². The third kappa shape index (κ3) is 4.40. The molecule has 6 nitrogen and oxygen atoms in total. The van der Waals surface area contributed by atoms with Crippen LogP contribution in [0.2, 0.25) is 0 Å². The van der Waals surface area contributed by atoms with Gasteiger partial charge in [-0.15, -0.1) is 0 Å². The minimum Gasteiger partial charge on any atom is -0.502 e. The van der Waals surface area contributed by atoms with Crippen LogP contribution in [0.5, 0.6) is 11.5 Å². The number of ether oxygens (including phenoxy) is 1. The van der Waals surface area contributed by atoms with Gasteiger partial charge in [-0.3, -0.25) is 9.59 Å². The molecule has 0 bridgehead atoms. The highest BCUT2D eigenvalue weighted by molar-refractivity contribution is 6.08. The molecule has 2 aromatic carbocycles. The number of carbonyl (C=O) groups excluding carboxylic acids is 1. The molecule has 1 atom stereocenters. The molecule has 158 valence electrons. The number of fused-ring (bicyclic) bond motifs is 1. The fourth-order valence-electron chi connectivity index (χ4n) is 3.01. The number of hydrogen-bond acceptors (Lipinski definition) is 4. The molecule has 0 aliphatic heterocycles. The number of rotatable bonds is 5. The minimum absolute atomic E-state index is 0.208. The summed E-state index contributed by atoms with van der Waals surface area (Å²) in [7, 11) is 0. The zero-order valence-corrected chi connectivity index (χ0v) is 16.1. The number of aromatic amines is 1. The van der Waals surface area contributed by atoms with Crippen LogP contribution in [0.1, 0.15) is 28.4 Å². The molecule has 9 heteroatoms. The molecule has 30 heavy (non-hydrogen) atoms. The van der Waals surface area contributed by atoms with E-state index in [1.165, 1.54) is 25.1 Å². The second-order valence-corrected chi connectivity index (χ2v) is 6.91. The topological polar surface area (TPSA) is 91.4 Å². The van der Waals surface area contributed by atoms with Crippen LogP contribution in [-0.2, 0) is 6.18 Å². The van der Waals surface area contributed by atoms with Crippen LogP contribution in [0.3, 0.4) is 0 Å². The molecule has 3 rings (SSSR count). The lowest BCUT2D eigenvalue weighted by atomic mass is 10.0. The van der Waals surface area contributed by atoms with Crippen molar-refractivity contribution in [1.29, 1.82) is 0 Å². The van der Waals surface area contributed by atoms with E-state index in [1.54, 1.807) is 25.1 Å². The van der Waals surface area contributed by atoms with E-state index in [0.29, 0.717) is 10.9 Å². The summed E-state index contributed by atoms with van der Waals surface area (Å²) in [5, 5.41) is 13.0. The van der Waals surface area contributed by atoms with Crippen molar-refractivity contribution >= 4 is 16.8 Å². The first-order valence-electron chi connectivity index (χ1n) is 9.03. The maximum absolute atomic E-state index is 13.1. The first-order valence-corrected chi connectivity index (χ1v) is 9.03. The maximum atomic E-state index is 13.1. The Hall–Kier alpha value is -3.49. The van der Waals surface area contributed by atoms with Gasteiger partial charge in [0, 0.05) is 10.9 Å². The van der Waals surface area contributed by atoms with E-state index < -0.39 is 35.0 Å². The van der Waals surface area contributed by atoms with E-state index in [1.807, 2.05) is 0 Å². The molecule has 0 fully saturated rings. The molecule has 1 heterocycles. The zero-order valence-electron chi connectivity index (χ0n) is 16.1. The predicted octanol–water partition coefficient (Wildman–Crippen LogP) is 3.76. The Labute approximate surface area is 169 Å². The second-order valence-electron chi connectivity index (χ2n) is 6.91. The van der Waals surface area contributed by atoms with Gasteiger partial charge in [0.15, 0.2) is 5.75 Å². The Balaban J connectivity index is 1.80. The number of pyridine rings is 1. The lowest BCUT2D eigenvalue weighted by molar-refractivity contribution is -0.139. The highest BCUT2D eigenvalue weighted by Crippen LogP contribution is 2.35. The van der Waals surface area contributed by atoms with Crippen molar-refractivity contribution in [3.63, 3.8) is 0 Å². The summed E-state index contributed by atoms with van der Waals surface area (Å²) in [6.07, 6.45) is -4.57. The normalized spacial score (nSPS) is 12.6. The second kappa shape index (κ2) is 8.10. The Bertz CT molecular complexity index is 1160. The van der Waals surface area contributed by atoms with E-state index in [2.05, 4.69) is 10.3 Å². The molecule has 0 aliphatic carbocycles. The maximum Gasteiger partial charge on any atom is 0.419 e. The smallest absolute Gasteiger partial charge is 0.419 e. The molecule has 1 aromatic heterocycles. The van der Waals surface area contributed by atoms with Gasteiger partial charge in [-0.05, 0) is 38.1 Å². The number of halogens is 3. The van der Waals surface area contributed by atoms with Gasteiger partial charge in [-0.1, -0.05) is 23.8 Å². The Morgan fingerprint density at radius 2 is 1.93 bits per heavy atom. The van der Waals surface area contributed by atoms with E-state index in [4.69, 9.17) is 4.74 Å². The van der Waals surface area contributed by atoms with Crippen LogP contribution in [0.15, 0.2) is 47.3 Å². The van der Waals surface area contributed by atoms with Crippen molar-refractivity contribution in [2.75, 3.05) is 6.61 Å². The molecule has 1 amide bonds. The standard InChI is InChI=1S/C21H19F3N2O4/c1-11-7-8-15-13(9-11)17(18(27)20(29)26-15)19(28)25-12(2)10-30-16-6-4-3-5-14(16)21(22,23)24/h3-9,12,27H,10H2,1-2H3,(H,25,28)(H,26,29)/t12-/m1/s1. The van der Waals surface area contributed by atoms with E-state index in [9.17, 15) is 27.9 Å². The van der Waals surface area contributed by atoms with Gasteiger partial charge in [-0.25, -0.2) is 0 Å². The largest absolute Gasteiger partial charge is 0.502 e. The van der Waals surface area contributed by atoms with Gasteiger partial charge in [0.05, 0.1) is 17.2 Å². The molecule has 3 N–H and O–H groups in total. The summed E-state index contributed by atoms with van der Waals surface area (Å²) in [6.45, 7) is 3.07. The number of aromatic hydroxyl groups is 1. The van der Waals surface area contributed by atoms with Crippen LogP contribution in [-0.4, -0.2) is 28.6 Å². The van der Waals surface area contributed by atoms with Gasteiger partial charge in [0.1, 0.15) is 12.4 Å². The molecule has 0 aliphatic rings. The molecule has 0 saturated heterocycles. The van der Waals surface area contributed by atoms with Crippen molar-refractivity contribution in [2.24, 2.45) is 0 Å². The SMILES string of the molecule is Cc1ccc2[nH]c(=O)c(O)c(C(=O)N[C@H](C)COc3ccccc3C(F)(F)F)c2c1. The number of nitrogens with one attached hydrogen (secondary N) is 2. The lowest BCUT2D eigenvalue weighted by Gasteiger charge is -2.18. The molecular formula is C21H19F3N2O4. The molecule has 0 spiro atoms. The van der Waals surface area contributed by atoms with Crippen molar-refractivity contribution in [1.82, 2.24) is 10.3 Å². The summed E-state index contributed by atoms with van der Waals surface area (Å²) in [6, 6.07) is 9.05. The van der Waals surface area contributed by atoms with Crippen molar-refractivity contribution in [2.45, 2.75) is 26.1 Å². The summed E-state index contributed by atoms with van der Waals surface area (Å²) >= 11 is 0. The quantitative estimate of drug-likeness (QED) is 0.586. The number of carbonyl (C=O) groups is 1. The molecule has 0 saturated carbocycles. The van der Waals surface area contributed by atoms with E-state index >= 15 is 0 Å². The summed E-state index contributed by atoms with van der Waals surface area (Å²) < 4.78 is 44.4. The van der Waals surface area contributed by atoms with E-state index in [0.717, 1.165) is 11.6 Å². The number of benzene rings is 2. The van der Waals surface area contributed by atoms with Crippen LogP contribution < -0.4 is 15.6 Å². The van der Waals surface area contributed by atoms with Crippen LogP contribution >= 0.6 is 0 Å². The number of hydrogen-bond donors (Lipinski definition) is 3. The minimum atomic E-state index is -4.57. The fourth-order valence-corrected chi connectivity index (χ4v) is 3.01. The van der Waals surface area contributed by atoms with Gasteiger partial charge in [0.2, 0.25) is 0 Å². The van der Waals surface area contributed by atoms with Crippen LogP contribution in [0.4, 0.5) is 13.2 Å². The number of alkyl halides is 3. The predicted molar refractivity (Wildman–Crippen MR) is 105 cm³/mol. The molecule has 0 unspecified atom stereocenters. The first-order chi connectivity index (χ1) is 14.1. The first kappa shape index (κ1) is 21.2. The molecule has 3 aromatic rings. The highest BCUT2D eigenvalue weighted by Gasteiger charge is 2.34. The average molecular weight is 420 g/mol. The molecule has 0 radical (unpaired) electrons.